The fraction of sp³-hybridized carbons (Fsp3) is 0.250. The molecule has 1 atom stereocenters. The van der Waals surface area contributed by atoms with E-state index in [1.807, 2.05) is 75.4 Å². The van der Waals surface area contributed by atoms with Crippen molar-refractivity contribution >= 4 is 28.6 Å². The molecule has 1 heterocycles. The van der Waals surface area contributed by atoms with Crippen LogP contribution in [0, 0.1) is 13.8 Å². The first-order valence-corrected chi connectivity index (χ1v) is 12.5. The van der Waals surface area contributed by atoms with Crippen molar-refractivity contribution in [2.75, 3.05) is 5.75 Å². The predicted octanol–water partition coefficient (Wildman–Crippen LogP) is 5.23. The molecule has 0 aliphatic rings. The van der Waals surface area contributed by atoms with E-state index in [1.165, 1.54) is 17.3 Å². The van der Waals surface area contributed by atoms with E-state index in [1.54, 1.807) is 10.6 Å². The van der Waals surface area contributed by atoms with Crippen LogP contribution in [0.25, 0.3) is 16.6 Å². The molecule has 174 valence electrons. The average molecular weight is 472 g/mol. The maximum atomic E-state index is 13.4. The highest BCUT2D eigenvalue weighted by atomic mass is 32.2. The molecule has 0 aliphatic carbocycles. The molecule has 1 N–H and O–H groups in total. The lowest BCUT2D eigenvalue weighted by molar-refractivity contribution is -0.119. The lowest BCUT2D eigenvalue weighted by Gasteiger charge is -2.16. The first kappa shape index (κ1) is 23.8. The van der Waals surface area contributed by atoms with Gasteiger partial charge in [0.1, 0.15) is 0 Å². The molecular weight excluding hydrogens is 442 g/mol. The molecule has 4 rings (SSSR count). The van der Waals surface area contributed by atoms with E-state index >= 15 is 0 Å². The van der Waals surface area contributed by atoms with Gasteiger partial charge in [0.05, 0.1) is 22.3 Å². The van der Waals surface area contributed by atoms with Crippen molar-refractivity contribution in [1.29, 1.82) is 0 Å². The van der Waals surface area contributed by atoms with Crippen molar-refractivity contribution in [2.45, 2.75) is 44.8 Å². The number of thioether (sulfide) groups is 1. The number of nitrogens with one attached hydrogen (secondary N) is 1. The predicted molar refractivity (Wildman–Crippen MR) is 140 cm³/mol. The standard InChI is InChI=1S/C28H29N3O2S/c1-19-13-16-23(17-20(19)2)31-27(33)24-11-7-8-12-25(24)30-28(31)34-18-26(32)29-21(3)14-15-22-9-5-4-6-10-22/h4-13,16-17,21H,14-15,18H2,1-3H3,(H,29,32). The highest BCUT2D eigenvalue weighted by Gasteiger charge is 2.16. The van der Waals surface area contributed by atoms with E-state index < -0.39 is 0 Å². The molecule has 3 aromatic carbocycles. The maximum absolute atomic E-state index is 13.4. The largest absolute Gasteiger partial charge is 0.353 e. The Morgan fingerprint density at radius 3 is 2.50 bits per heavy atom. The zero-order valence-electron chi connectivity index (χ0n) is 19.7. The van der Waals surface area contributed by atoms with E-state index in [4.69, 9.17) is 4.98 Å². The number of amides is 1. The van der Waals surface area contributed by atoms with Crippen LogP contribution >= 0.6 is 11.8 Å². The van der Waals surface area contributed by atoms with Crippen LogP contribution in [0.2, 0.25) is 0 Å². The van der Waals surface area contributed by atoms with Crippen LogP contribution in [-0.2, 0) is 11.2 Å². The molecule has 1 unspecified atom stereocenters. The molecular formula is C28H29N3O2S. The fourth-order valence-electron chi connectivity index (χ4n) is 3.85. The molecule has 0 spiro atoms. The van der Waals surface area contributed by atoms with Gasteiger partial charge in [-0.3, -0.25) is 14.2 Å². The van der Waals surface area contributed by atoms with Crippen molar-refractivity contribution in [3.05, 3.63) is 99.8 Å². The van der Waals surface area contributed by atoms with Gasteiger partial charge in [0, 0.05) is 6.04 Å². The number of hydrogen-bond donors (Lipinski definition) is 1. The van der Waals surface area contributed by atoms with Crippen LogP contribution in [-0.4, -0.2) is 27.3 Å². The van der Waals surface area contributed by atoms with Gasteiger partial charge in [-0.1, -0.05) is 60.3 Å². The summed E-state index contributed by atoms with van der Waals surface area (Å²) in [6.45, 7) is 6.08. The summed E-state index contributed by atoms with van der Waals surface area (Å²) in [6.07, 6.45) is 1.77. The number of aromatic nitrogens is 2. The van der Waals surface area contributed by atoms with E-state index in [9.17, 15) is 9.59 Å². The summed E-state index contributed by atoms with van der Waals surface area (Å²) in [5.74, 6) is 0.116. The summed E-state index contributed by atoms with van der Waals surface area (Å²) >= 11 is 1.29. The van der Waals surface area contributed by atoms with Crippen LogP contribution in [0.1, 0.15) is 30.0 Å². The lowest BCUT2D eigenvalue weighted by atomic mass is 10.1. The quantitative estimate of drug-likeness (QED) is 0.282. The number of carbonyl (C=O) groups excluding carboxylic acids is 1. The molecule has 0 saturated heterocycles. The van der Waals surface area contributed by atoms with Crippen LogP contribution < -0.4 is 10.9 Å². The van der Waals surface area contributed by atoms with Crippen LogP contribution in [0.3, 0.4) is 0 Å². The third-order valence-corrected chi connectivity index (χ3v) is 6.88. The van der Waals surface area contributed by atoms with Gasteiger partial charge < -0.3 is 5.32 Å². The highest BCUT2D eigenvalue weighted by molar-refractivity contribution is 7.99. The Bertz CT molecular complexity index is 1370. The Balaban J connectivity index is 1.52. The number of hydrogen-bond acceptors (Lipinski definition) is 4. The molecule has 1 amide bonds. The van der Waals surface area contributed by atoms with Crippen molar-refractivity contribution < 1.29 is 4.79 Å². The Morgan fingerprint density at radius 1 is 1.00 bits per heavy atom. The maximum Gasteiger partial charge on any atom is 0.266 e. The van der Waals surface area contributed by atoms with Gasteiger partial charge in [-0.2, -0.15) is 0 Å². The Labute approximate surface area is 204 Å². The van der Waals surface area contributed by atoms with Gasteiger partial charge in [-0.25, -0.2) is 4.98 Å². The SMILES string of the molecule is Cc1ccc(-n2c(SCC(=O)NC(C)CCc3ccccc3)nc3ccccc3c2=O)cc1C. The Morgan fingerprint density at radius 2 is 1.74 bits per heavy atom. The van der Waals surface area contributed by atoms with E-state index in [2.05, 4.69) is 17.4 Å². The third-order valence-electron chi connectivity index (χ3n) is 5.94. The number of rotatable bonds is 8. The summed E-state index contributed by atoms with van der Waals surface area (Å²) in [5.41, 5.74) is 4.77. The molecule has 5 nitrogen and oxygen atoms in total. The fourth-order valence-corrected chi connectivity index (χ4v) is 4.67. The normalized spacial score (nSPS) is 12.0. The summed E-state index contributed by atoms with van der Waals surface area (Å²) < 4.78 is 1.62. The van der Waals surface area contributed by atoms with E-state index in [0.29, 0.717) is 16.1 Å². The molecule has 34 heavy (non-hydrogen) atoms. The minimum absolute atomic E-state index is 0.0554. The van der Waals surface area contributed by atoms with Crippen molar-refractivity contribution in [2.24, 2.45) is 0 Å². The molecule has 0 aliphatic heterocycles. The molecule has 1 aromatic heterocycles. The van der Waals surface area contributed by atoms with E-state index in [-0.39, 0.29) is 23.3 Å². The van der Waals surface area contributed by atoms with Crippen LogP contribution in [0.15, 0.2) is 82.7 Å². The first-order valence-electron chi connectivity index (χ1n) is 11.5. The van der Waals surface area contributed by atoms with Gasteiger partial charge in [-0.15, -0.1) is 0 Å². The second-order valence-corrected chi connectivity index (χ2v) is 9.54. The summed E-state index contributed by atoms with van der Waals surface area (Å²) in [6, 6.07) is 23.6. The number of nitrogens with zero attached hydrogens (tertiary/aromatic N) is 2. The van der Waals surface area contributed by atoms with Gasteiger partial charge in [0.2, 0.25) is 5.91 Å². The smallest absolute Gasteiger partial charge is 0.266 e. The number of fused-ring (bicyclic) bond motifs is 1. The number of carbonyl (C=O) groups is 1. The van der Waals surface area contributed by atoms with Crippen molar-refractivity contribution in [1.82, 2.24) is 14.9 Å². The van der Waals surface area contributed by atoms with Gasteiger partial charge in [0.15, 0.2) is 5.16 Å². The minimum Gasteiger partial charge on any atom is -0.353 e. The third kappa shape index (κ3) is 5.57. The second kappa shape index (κ2) is 10.7. The monoisotopic (exact) mass is 471 g/mol. The average Bonchev–Trinajstić information content (AvgIpc) is 2.84. The number of benzene rings is 3. The topological polar surface area (TPSA) is 64.0 Å². The number of para-hydroxylation sites is 1. The Kier molecular flexibility index (Phi) is 7.48. The lowest BCUT2D eigenvalue weighted by Crippen LogP contribution is -2.34. The zero-order chi connectivity index (χ0) is 24.1. The molecule has 0 radical (unpaired) electrons. The minimum atomic E-state index is -0.131. The molecule has 6 heteroatoms. The molecule has 0 saturated carbocycles. The first-order chi connectivity index (χ1) is 16.4. The van der Waals surface area contributed by atoms with Crippen LogP contribution in [0.4, 0.5) is 0 Å². The highest BCUT2D eigenvalue weighted by Crippen LogP contribution is 2.22. The molecule has 0 fully saturated rings. The van der Waals surface area contributed by atoms with Crippen molar-refractivity contribution in [3.63, 3.8) is 0 Å². The zero-order valence-corrected chi connectivity index (χ0v) is 20.6. The second-order valence-electron chi connectivity index (χ2n) is 8.60. The van der Waals surface area contributed by atoms with Gasteiger partial charge in [0.25, 0.3) is 5.56 Å². The molecule has 4 aromatic rings. The van der Waals surface area contributed by atoms with Crippen LogP contribution in [0.5, 0.6) is 0 Å². The summed E-state index contributed by atoms with van der Waals surface area (Å²) in [7, 11) is 0. The molecule has 0 bridgehead atoms. The number of aryl methyl sites for hydroxylation is 3. The summed E-state index contributed by atoms with van der Waals surface area (Å²) in [5, 5.41) is 4.15. The van der Waals surface area contributed by atoms with E-state index in [0.717, 1.165) is 29.7 Å². The summed E-state index contributed by atoms with van der Waals surface area (Å²) in [4.78, 5) is 30.8. The van der Waals surface area contributed by atoms with Gasteiger partial charge >= 0.3 is 0 Å². The Hall–Kier alpha value is -3.38. The van der Waals surface area contributed by atoms with Crippen molar-refractivity contribution in [3.8, 4) is 5.69 Å². The van der Waals surface area contributed by atoms with Gasteiger partial charge in [-0.05, 0) is 74.6 Å².